The van der Waals surface area contributed by atoms with Crippen molar-refractivity contribution >= 4 is 22.8 Å². The lowest BCUT2D eigenvalue weighted by molar-refractivity contribution is 1.09. The highest BCUT2D eigenvalue weighted by Gasteiger charge is 2.12. The van der Waals surface area contributed by atoms with Crippen LogP contribution in [0.1, 0.15) is 5.56 Å². The number of nitrogens with one attached hydrogen (secondary N) is 1. The number of aryl methyl sites for hydroxylation is 1. The predicted octanol–water partition coefficient (Wildman–Crippen LogP) is 0.888. The Morgan fingerprint density at radius 2 is 2.00 bits per heavy atom. The number of anilines is 2. The average Bonchev–Trinajstić information content (AvgIpc) is 2.72. The van der Waals surface area contributed by atoms with Crippen molar-refractivity contribution in [3.05, 3.63) is 24.0 Å². The van der Waals surface area contributed by atoms with Crippen LogP contribution >= 0.6 is 0 Å². The van der Waals surface area contributed by atoms with Crippen LogP contribution in [0.2, 0.25) is 0 Å². The molecule has 0 unspecified atom stereocenters. The fraction of sp³-hybridized carbons (Fsp3) is 0.0909. The van der Waals surface area contributed by atoms with Gasteiger partial charge in [0.2, 0.25) is 5.95 Å². The van der Waals surface area contributed by atoms with Crippen molar-refractivity contribution < 1.29 is 0 Å². The van der Waals surface area contributed by atoms with E-state index in [0.717, 1.165) is 16.6 Å². The molecule has 3 heterocycles. The number of aromatic amines is 1. The summed E-state index contributed by atoms with van der Waals surface area (Å²) in [5.74, 6) is 0.462. The number of fused-ring (bicyclic) bond motifs is 1. The van der Waals surface area contributed by atoms with Crippen LogP contribution in [0.3, 0.4) is 0 Å². The second-order valence-corrected chi connectivity index (χ2v) is 4.01. The van der Waals surface area contributed by atoms with Crippen molar-refractivity contribution in [2.24, 2.45) is 0 Å². The number of H-pyrrole nitrogens is 1. The summed E-state index contributed by atoms with van der Waals surface area (Å²) in [6.07, 6.45) is 3.34. The second kappa shape index (κ2) is 3.66. The van der Waals surface area contributed by atoms with Crippen molar-refractivity contribution in [1.82, 2.24) is 25.1 Å². The van der Waals surface area contributed by atoms with E-state index < -0.39 is 0 Å². The lowest BCUT2D eigenvalue weighted by Gasteiger charge is -2.03. The first-order valence-electron chi connectivity index (χ1n) is 5.34. The van der Waals surface area contributed by atoms with Gasteiger partial charge in [0.1, 0.15) is 5.82 Å². The molecular weight excluding hydrogens is 230 g/mol. The van der Waals surface area contributed by atoms with E-state index in [0.29, 0.717) is 17.0 Å². The molecule has 5 N–H and O–H groups in total. The first-order chi connectivity index (χ1) is 8.65. The van der Waals surface area contributed by atoms with Gasteiger partial charge in [-0.25, -0.2) is 9.97 Å². The van der Waals surface area contributed by atoms with Crippen molar-refractivity contribution in [2.75, 3.05) is 11.5 Å². The van der Waals surface area contributed by atoms with Gasteiger partial charge in [0.15, 0.2) is 5.65 Å². The molecule has 0 aromatic carbocycles. The Hall–Kier alpha value is -2.70. The predicted molar refractivity (Wildman–Crippen MR) is 68.5 cm³/mol. The van der Waals surface area contributed by atoms with E-state index in [1.54, 1.807) is 12.4 Å². The summed E-state index contributed by atoms with van der Waals surface area (Å²) < 4.78 is 0. The number of nitrogens with two attached hydrogens (primary N) is 2. The fourth-order valence-electron chi connectivity index (χ4n) is 1.81. The third-order valence-electron chi connectivity index (χ3n) is 2.65. The standard InChI is InChI=1S/C11H11N7/c1-5-2-6-8(17-18-10(6)14-3-5)7-4-15-11(13)16-9(7)12/h2-4H,1H3,(H,14,17,18)(H4,12,13,15,16). The summed E-state index contributed by atoms with van der Waals surface area (Å²) in [6.45, 7) is 1.96. The molecule has 0 atom stereocenters. The number of rotatable bonds is 1. The number of aromatic nitrogens is 5. The van der Waals surface area contributed by atoms with Gasteiger partial charge in [-0.05, 0) is 18.6 Å². The monoisotopic (exact) mass is 241 g/mol. The van der Waals surface area contributed by atoms with Gasteiger partial charge in [-0.3, -0.25) is 5.10 Å². The summed E-state index contributed by atoms with van der Waals surface area (Å²) >= 11 is 0. The first kappa shape index (κ1) is 10.5. The second-order valence-electron chi connectivity index (χ2n) is 4.01. The summed E-state index contributed by atoms with van der Waals surface area (Å²) in [7, 11) is 0. The van der Waals surface area contributed by atoms with Crippen molar-refractivity contribution in [3.63, 3.8) is 0 Å². The van der Waals surface area contributed by atoms with Crippen LogP contribution in [0.25, 0.3) is 22.3 Å². The molecule has 0 amide bonds. The lowest BCUT2D eigenvalue weighted by atomic mass is 10.1. The molecule has 0 saturated heterocycles. The minimum absolute atomic E-state index is 0.148. The molecule has 0 fully saturated rings. The van der Waals surface area contributed by atoms with E-state index in [1.807, 2.05) is 13.0 Å². The van der Waals surface area contributed by atoms with Crippen LogP contribution in [0, 0.1) is 6.92 Å². The van der Waals surface area contributed by atoms with E-state index >= 15 is 0 Å². The fourth-order valence-corrected chi connectivity index (χ4v) is 1.81. The molecule has 7 heteroatoms. The van der Waals surface area contributed by atoms with Crippen LogP contribution < -0.4 is 11.5 Å². The molecule has 0 radical (unpaired) electrons. The zero-order valence-electron chi connectivity index (χ0n) is 9.68. The number of hydrogen-bond acceptors (Lipinski definition) is 6. The third kappa shape index (κ3) is 1.53. The molecule has 3 aromatic rings. The van der Waals surface area contributed by atoms with Gasteiger partial charge in [0, 0.05) is 17.8 Å². The van der Waals surface area contributed by atoms with Crippen LogP contribution in [0.4, 0.5) is 11.8 Å². The maximum atomic E-state index is 5.84. The third-order valence-corrected chi connectivity index (χ3v) is 2.65. The first-order valence-corrected chi connectivity index (χ1v) is 5.34. The largest absolute Gasteiger partial charge is 0.383 e. The van der Waals surface area contributed by atoms with Gasteiger partial charge in [0.05, 0.1) is 11.3 Å². The van der Waals surface area contributed by atoms with E-state index in [1.165, 1.54) is 0 Å². The maximum absolute atomic E-state index is 5.84. The van der Waals surface area contributed by atoms with Crippen LogP contribution in [-0.2, 0) is 0 Å². The van der Waals surface area contributed by atoms with Gasteiger partial charge in [-0.15, -0.1) is 0 Å². The van der Waals surface area contributed by atoms with Gasteiger partial charge in [0.25, 0.3) is 0 Å². The molecule has 0 saturated carbocycles. The van der Waals surface area contributed by atoms with Gasteiger partial charge in [-0.1, -0.05) is 0 Å². The Labute approximate surface area is 102 Å². The van der Waals surface area contributed by atoms with Gasteiger partial charge < -0.3 is 11.5 Å². The minimum Gasteiger partial charge on any atom is -0.383 e. The van der Waals surface area contributed by atoms with Crippen LogP contribution in [-0.4, -0.2) is 25.1 Å². The van der Waals surface area contributed by atoms with Gasteiger partial charge >= 0.3 is 0 Å². The zero-order valence-corrected chi connectivity index (χ0v) is 9.68. The highest BCUT2D eigenvalue weighted by atomic mass is 15.2. The molecule has 3 rings (SSSR count). The highest BCUT2D eigenvalue weighted by Crippen LogP contribution is 2.28. The smallest absolute Gasteiger partial charge is 0.221 e. The van der Waals surface area contributed by atoms with Crippen molar-refractivity contribution in [3.8, 4) is 11.3 Å². The summed E-state index contributed by atoms with van der Waals surface area (Å²) in [6, 6.07) is 1.98. The molecular formula is C11H11N7. The maximum Gasteiger partial charge on any atom is 0.221 e. The Morgan fingerprint density at radius 1 is 1.17 bits per heavy atom. The molecule has 0 bridgehead atoms. The van der Waals surface area contributed by atoms with E-state index in [-0.39, 0.29) is 5.95 Å². The Kier molecular flexibility index (Phi) is 2.12. The van der Waals surface area contributed by atoms with Gasteiger partial charge in [-0.2, -0.15) is 10.1 Å². The van der Waals surface area contributed by atoms with Crippen molar-refractivity contribution in [1.29, 1.82) is 0 Å². The van der Waals surface area contributed by atoms with E-state index in [4.69, 9.17) is 11.5 Å². The average molecular weight is 241 g/mol. The zero-order chi connectivity index (χ0) is 12.7. The Morgan fingerprint density at radius 3 is 2.78 bits per heavy atom. The Bertz CT molecular complexity index is 731. The SMILES string of the molecule is Cc1cnc2n[nH]c(-c3cnc(N)nc3N)c2c1. The summed E-state index contributed by atoms with van der Waals surface area (Å²) in [4.78, 5) is 12.1. The summed E-state index contributed by atoms with van der Waals surface area (Å²) in [5, 5.41) is 7.91. The molecule has 0 aliphatic rings. The Balaban J connectivity index is 2.28. The molecule has 0 spiro atoms. The molecule has 0 aliphatic carbocycles. The molecule has 18 heavy (non-hydrogen) atoms. The van der Waals surface area contributed by atoms with E-state index in [2.05, 4.69) is 25.1 Å². The van der Waals surface area contributed by atoms with E-state index in [9.17, 15) is 0 Å². The lowest BCUT2D eigenvalue weighted by Crippen LogP contribution is -2.01. The van der Waals surface area contributed by atoms with Crippen LogP contribution in [0.5, 0.6) is 0 Å². The quantitative estimate of drug-likeness (QED) is 0.582. The molecule has 90 valence electrons. The highest BCUT2D eigenvalue weighted by molar-refractivity contribution is 5.93. The summed E-state index contributed by atoms with van der Waals surface area (Å²) in [5.41, 5.74) is 14.4. The molecule has 7 nitrogen and oxygen atoms in total. The number of nitrogen functional groups attached to an aromatic ring is 2. The number of hydrogen-bond donors (Lipinski definition) is 3. The number of nitrogens with zero attached hydrogens (tertiary/aromatic N) is 4. The minimum atomic E-state index is 0.148. The number of pyridine rings is 1. The normalized spacial score (nSPS) is 10.9. The molecule has 0 aliphatic heterocycles. The van der Waals surface area contributed by atoms with Crippen LogP contribution in [0.15, 0.2) is 18.5 Å². The molecule has 3 aromatic heterocycles. The van der Waals surface area contributed by atoms with Crippen molar-refractivity contribution in [2.45, 2.75) is 6.92 Å². The topological polar surface area (TPSA) is 119 Å².